The number of anilines is 1. The summed E-state index contributed by atoms with van der Waals surface area (Å²) in [4.78, 5) is 50.1. The molecule has 1 amide bonds. The molecule has 0 radical (unpaired) electrons. The predicted octanol–water partition coefficient (Wildman–Crippen LogP) is 5.31. The molecule has 5 rings (SSSR count). The topological polar surface area (TPSA) is 127 Å². The van der Waals surface area contributed by atoms with E-state index in [1.54, 1.807) is 54.7 Å². The van der Waals surface area contributed by atoms with E-state index in [0.29, 0.717) is 47.5 Å². The van der Waals surface area contributed by atoms with Gasteiger partial charge in [0.25, 0.3) is 5.91 Å². The molecule has 4 aromatic rings. The summed E-state index contributed by atoms with van der Waals surface area (Å²) < 4.78 is 22.3. The maximum absolute atomic E-state index is 13.1. The van der Waals surface area contributed by atoms with Crippen LogP contribution in [0.2, 0.25) is 0 Å². The van der Waals surface area contributed by atoms with Gasteiger partial charge in [0.05, 0.1) is 0 Å². The average molecular weight is 627 g/mol. The van der Waals surface area contributed by atoms with E-state index in [1.165, 1.54) is 24.4 Å². The summed E-state index contributed by atoms with van der Waals surface area (Å²) in [6, 6.07) is 22.2. The number of rotatable bonds is 9. The minimum absolute atomic E-state index is 0.0113. The highest BCUT2D eigenvalue weighted by molar-refractivity contribution is 7.51. The Morgan fingerprint density at radius 1 is 0.800 bits per heavy atom. The minimum atomic E-state index is -0.750. The maximum atomic E-state index is 13.1. The number of benzene rings is 2. The first-order chi connectivity index (χ1) is 21.7. The molecule has 11 heteroatoms. The van der Waals surface area contributed by atoms with Crippen molar-refractivity contribution in [2.75, 3.05) is 31.1 Å². The van der Waals surface area contributed by atoms with E-state index in [1.807, 2.05) is 4.90 Å². The summed E-state index contributed by atoms with van der Waals surface area (Å²) in [5, 5.41) is 0. The number of piperazine rings is 1. The molecule has 232 valence electrons. The van der Waals surface area contributed by atoms with Crippen LogP contribution < -0.4 is 9.64 Å². The molecule has 0 unspecified atom stereocenters. The number of hydrogen-bond donors (Lipinski definition) is 0. The number of carbonyl (C=O) groups excluding carboxylic acids is 3. The summed E-state index contributed by atoms with van der Waals surface area (Å²) in [7, 11) is 0. The van der Waals surface area contributed by atoms with Crippen molar-refractivity contribution in [2.24, 2.45) is 0 Å². The molecular weight excluding hydrogens is 592 g/mol. The number of pyridine rings is 2. The molecule has 0 aliphatic carbocycles. The second-order valence-corrected chi connectivity index (χ2v) is 10.9. The SMILES string of the molecule is CC(=O)c1ccc(Oc2ccc(CC(=O)c3ccc(C(=O)N4CCN(c5ccc(C(C)C)cc5)CC4)nc3)cn2)cc1.O=S=O. The lowest BCUT2D eigenvalue weighted by Gasteiger charge is -2.36. The smallest absolute Gasteiger partial charge is 0.335 e. The molecule has 0 saturated carbocycles. The van der Waals surface area contributed by atoms with Crippen LogP contribution in [0, 0.1) is 0 Å². The van der Waals surface area contributed by atoms with Crippen molar-refractivity contribution in [2.45, 2.75) is 33.1 Å². The molecule has 1 aliphatic heterocycles. The van der Waals surface area contributed by atoms with Gasteiger partial charge in [0.15, 0.2) is 11.6 Å². The first-order valence-corrected chi connectivity index (χ1v) is 15.1. The summed E-state index contributed by atoms with van der Waals surface area (Å²) in [5.74, 6) is 1.19. The summed E-state index contributed by atoms with van der Waals surface area (Å²) >= 11 is -0.750. The molecular formula is C34H34N4O6S. The van der Waals surface area contributed by atoms with E-state index >= 15 is 0 Å². The van der Waals surface area contributed by atoms with Crippen LogP contribution in [-0.2, 0) is 18.0 Å². The number of nitrogens with zero attached hydrogens (tertiary/aromatic N) is 4. The van der Waals surface area contributed by atoms with Crippen LogP contribution >= 0.6 is 0 Å². The molecule has 0 atom stereocenters. The van der Waals surface area contributed by atoms with Gasteiger partial charge in [0.1, 0.15) is 11.4 Å². The third-order valence-electron chi connectivity index (χ3n) is 7.44. The molecule has 1 aliphatic rings. The zero-order valence-electron chi connectivity index (χ0n) is 25.3. The van der Waals surface area contributed by atoms with Gasteiger partial charge in [-0.2, -0.15) is 8.42 Å². The van der Waals surface area contributed by atoms with Crippen molar-refractivity contribution < 1.29 is 27.5 Å². The van der Waals surface area contributed by atoms with Gasteiger partial charge in [-0.3, -0.25) is 19.4 Å². The Hall–Kier alpha value is -5.03. The Bertz CT molecular complexity index is 1640. The van der Waals surface area contributed by atoms with Crippen LogP contribution in [0.15, 0.2) is 85.2 Å². The van der Waals surface area contributed by atoms with Crippen molar-refractivity contribution in [3.8, 4) is 11.6 Å². The van der Waals surface area contributed by atoms with Gasteiger partial charge in [-0.1, -0.05) is 32.0 Å². The van der Waals surface area contributed by atoms with Crippen LogP contribution in [0.3, 0.4) is 0 Å². The normalized spacial score (nSPS) is 12.6. The highest BCUT2D eigenvalue weighted by Crippen LogP contribution is 2.23. The summed E-state index contributed by atoms with van der Waals surface area (Å²) in [5.41, 5.74) is 4.60. The molecule has 2 aromatic carbocycles. The maximum Gasteiger partial charge on any atom is 0.335 e. The van der Waals surface area contributed by atoms with E-state index in [-0.39, 0.29) is 23.9 Å². The molecule has 2 aromatic heterocycles. The average Bonchev–Trinajstić information content (AvgIpc) is 3.06. The van der Waals surface area contributed by atoms with Crippen LogP contribution in [0.1, 0.15) is 69.0 Å². The molecule has 0 N–H and O–H groups in total. The number of Topliss-reactive ketones (excluding diaryl/α,β-unsaturated/α-hetero) is 2. The molecule has 10 nitrogen and oxygen atoms in total. The lowest BCUT2D eigenvalue weighted by Crippen LogP contribution is -2.49. The number of ketones is 2. The van der Waals surface area contributed by atoms with Gasteiger partial charge in [0, 0.05) is 67.9 Å². The molecule has 1 fully saturated rings. The zero-order chi connectivity index (χ0) is 32.3. The fourth-order valence-corrected chi connectivity index (χ4v) is 4.83. The van der Waals surface area contributed by atoms with Gasteiger partial charge in [-0.05, 0) is 72.5 Å². The number of amides is 1. The van der Waals surface area contributed by atoms with Crippen molar-refractivity contribution in [3.05, 3.63) is 113 Å². The van der Waals surface area contributed by atoms with E-state index in [9.17, 15) is 14.4 Å². The summed E-state index contributed by atoms with van der Waals surface area (Å²) in [6.45, 7) is 8.62. The van der Waals surface area contributed by atoms with E-state index in [2.05, 4.69) is 53.0 Å². The van der Waals surface area contributed by atoms with Gasteiger partial charge in [0.2, 0.25) is 5.88 Å². The van der Waals surface area contributed by atoms with Gasteiger partial charge >= 0.3 is 11.6 Å². The van der Waals surface area contributed by atoms with Crippen LogP contribution in [0.4, 0.5) is 5.69 Å². The third kappa shape index (κ3) is 8.99. The highest BCUT2D eigenvalue weighted by Gasteiger charge is 2.23. The van der Waals surface area contributed by atoms with Gasteiger partial charge < -0.3 is 14.5 Å². The second kappa shape index (κ2) is 15.6. The van der Waals surface area contributed by atoms with Crippen LogP contribution in [0.5, 0.6) is 11.6 Å². The van der Waals surface area contributed by atoms with Crippen molar-refractivity contribution in [1.82, 2.24) is 14.9 Å². The van der Waals surface area contributed by atoms with E-state index in [0.717, 1.165) is 18.7 Å². The second-order valence-electron chi connectivity index (χ2n) is 10.8. The van der Waals surface area contributed by atoms with Crippen LogP contribution in [-0.4, -0.2) is 66.9 Å². The first kappa shape index (κ1) is 32.9. The minimum Gasteiger partial charge on any atom is -0.439 e. The number of ether oxygens (including phenoxy) is 1. The van der Waals surface area contributed by atoms with Crippen molar-refractivity contribution in [1.29, 1.82) is 0 Å². The molecule has 0 spiro atoms. The lowest BCUT2D eigenvalue weighted by molar-refractivity contribution is 0.0740. The Kier molecular flexibility index (Phi) is 11.4. The Morgan fingerprint density at radius 2 is 1.44 bits per heavy atom. The van der Waals surface area contributed by atoms with Crippen molar-refractivity contribution >= 4 is 34.7 Å². The zero-order valence-corrected chi connectivity index (χ0v) is 26.2. The summed E-state index contributed by atoms with van der Waals surface area (Å²) in [6.07, 6.45) is 3.22. The quantitative estimate of drug-likeness (QED) is 0.227. The van der Waals surface area contributed by atoms with E-state index in [4.69, 9.17) is 13.2 Å². The largest absolute Gasteiger partial charge is 0.439 e. The van der Waals surface area contributed by atoms with Gasteiger partial charge in [-0.15, -0.1) is 0 Å². The fourth-order valence-electron chi connectivity index (χ4n) is 4.83. The Labute approximate surface area is 265 Å². The first-order valence-electron chi connectivity index (χ1n) is 14.5. The van der Waals surface area contributed by atoms with E-state index < -0.39 is 11.6 Å². The molecule has 1 saturated heterocycles. The molecule has 45 heavy (non-hydrogen) atoms. The number of hydrogen-bond acceptors (Lipinski definition) is 9. The fraction of sp³-hybridized carbons (Fsp3) is 0.265. The number of carbonyl (C=O) groups is 3. The number of aromatic nitrogens is 2. The third-order valence-corrected chi connectivity index (χ3v) is 7.44. The monoisotopic (exact) mass is 626 g/mol. The predicted molar refractivity (Wildman–Crippen MR) is 171 cm³/mol. The highest BCUT2D eigenvalue weighted by atomic mass is 32.1. The van der Waals surface area contributed by atoms with Crippen LogP contribution in [0.25, 0.3) is 0 Å². The molecule has 3 heterocycles. The van der Waals surface area contributed by atoms with Gasteiger partial charge in [-0.25, -0.2) is 4.98 Å². The lowest BCUT2D eigenvalue weighted by atomic mass is 10.0. The Morgan fingerprint density at radius 3 is 1.98 bits per heavy atom. The molecule has 0 bridgehead atoms. The standard InChI is InChI=1S/C34H34N4O4.O2S/c1-23(2)26-5-10-29(11-6-26)37-16-18-38(19-17-37)34(41)31-14-9-28(22-35-31)32(40)20-25-4-15-33(36-21-25)42-30-12-7-27(8-13-30)24(3)39;1-3-2/h4-15,21-23H,16-20H2,1-3H3;. The Balaban J connectivity index is 0.00000148. The van der Waals surface area contributed by atoms with Crippen molar-refractivity contribution in [3.63, 3.8) is 0 Å².